The summed E-state index contributed by atoms with van der Waals surface area (Å²) in [5, 5.41) is 17.4. The Morgan fingerprint density at radius 1 is 1.40 bits per heavy atom. The highest BCUT2D eigenvalue weighted by Gasteiger charge is 2.01. The average molecular weight is 145 g/mol. The molecule has 0 amide bonds. The molecule has 0 aromatic rings. The van der Waals surface area contributed by atoms with Crippen LogP contribution >= 0.6 is 0 Å². The molecule has 10 heavy (non-hydrogen) atoms. The van der Waals surface area contributed by atoms with E-state index in [1.165, 1.54) is 12.8 Å². The first kappa shape index (κ1) is 9.92. The van der Waals surface area contributed by atoms with Gasteiger partial charge in [-0.15, -0.1) is 0 Å². The van der Waals surface area contributed by atoms with E-state index in [9.17, 15) is 0 Å². The first-order chi connectivity index (χ1) is 4.81. The number of rotatable bonds is 6. The fourth-order valence-electron chi connectivity index (χ4n) is 0.843. The highest BCUT2D eigenvalue weighted by molar-refractivity contribution is 4.73. The molecular formula is C8H17O2. The molecule has 0 spiro atoms. The lowest BCUT2D eigenvalue weighted by Gasteiger charge is -2.06. The molecule has 0 saturated carbocycles. The Morgan fingerprint density at radius 3 is 2.60 bits per heavy atom. The predicted octanol–water partition coefficient (Wildman–Crippen LogP) is 1.12. The summed E-state index contributed by atoms with van der Waals surface area (Å²) in [4.78, 5) is 0. The number of aliphatic hydroxyl groups excluding tert-OH is 2. The van der Waals surface area contributed by atoms with Crippen LogP contribution in [0.15, 0.2) is 0 Å². The maximum atomic E-state index is 9.06. The average Bonchev–Trinajstić information content (AvgIpc) is 1.89. The van der Waals surface area contributed by atoms with E-state index in [-0.39, 0.29) is 6.61 Å². The van der Waals surface area contributed by atoms with Crippen molar-refractivity contribution in [3.8, 4) is 0 Å². The highest BCUT2D eigenvalue weighted by Crippen LogP contribution is 2.04. The number of unbranched alkanes of at least 4 members (excludes halogenated alkanes) is 2. The second-order valence-corrected chi connectivity index (χ2v) is 2.48. The lowest BCUT2D eigenvalue weighted by molar-refractivity contribution is 0.170. The Bertz CT molecular complexity index is 64.3. The van der Waals surface area contributed by atoms with Crippen molar-refractivity contribution < 1.29 is 10.2 Å². The van der Waals surface area contributed by atoms with E-state index in [0.717, 1.165) is 19.3 Å². The zero-order valence-corrected chi connectivity index (χ0v) is 6.58. The summed E-state index contributed by atoms with van der Waals surface area (Å²) in [6.45, 7) is 2.11. The molecule has 2 N–H and O–H groups in total. The molecule has 0 aromatic heterocycles. The smallest absolute Gasteiger partial charge is 0.0594 e. The third-order valence-electron chi connectivity index (χ3n) is 1.48. The van der Waals surface area contributed by atoms with Gasteiger partial charge in [-0.1, -0.05) is 26.2 Å². The van der Waals surface area contributed by atoms with E-state index in [2.05, 4.69) is 6.92 Å². The van der Waals surface area contributed by atoms with Crippen LogP contribution in [0.4, 0.5) is 0 Å². The van der Waals surface area contributed by atoms with Gasteiger partial charge in [0.2, 0.25) is 0 Å². The second kappa shape index (κ2) is 7.03. The predicted molar refractivity (Wildman–Crippen MR) is 41.5 cm³/mol. The minimum Gasteiger partial charge on any atom is -0.396 e. The molecular weight excluding hydrogens is 128 g/mol. The van der Waals surface area contributed by atoms with Gasteiger partial charge in [0.05, 0.1) is 6.10 Å². The molecule has 61 valence electrons. The van der Waals surface area contributed by atoms with Crippen LogP contribution in [0.25, 0.3) is 0 Å². The van der Waals surface area contributed by atoms with E-state index in [1.807, 2.05) is 0 Å². The highest BCUT2D eigenvalue weighted by atomic mass is 16.3. The van der Waals surface area contributed by atoms with Crippen molar-refractivity contribution in [1.82, 2.24) is 0 Å². The minimum atomic E-state index is -0.406. The van der Waals surface area contributed by atoms with Crippen molar-refractivity contribution in [2.24, 2.45) is 0 Å². The van der Waals surface area contributed by atoms with E-state index in [0.29, 0.717) is 0 Å². The summed E-state index contributed by atoms with van der Waals surface area (Å²) in [6.07, 6.45) is 5.29. The van der Waals surface area contributed by atoms with Gasteiger partial charge in [-0.25, -0.2) is 0 Å². The third-order valence-corrected chi connectivity index (χ3v) is 1.48. The zero-order chi connectivity index (χ0) is 7.82. The van der Waals surface area contributed by atoms with Gasteiger partial charge in [0.25, 0.3) is 0 Å². The van der Waals surface area contributed by atoms with Gasteiger partial charge in [-0.05, 0) is 6.42 Å². The summed E-state index contributed by atoms with van der Waals surface area (Å²) in [7, 11) is 0. The van der Waals surface area contributed by atoms with Crippen molar-refractivity contribution in [1.29, 1.82) is 0 Å². The molecule has 1 radical (unpaired) electrons. The summed E-state index contributed by atoms with van der Waals surface area (Å²) in [6, 6.07) is 0. The minimum absolute atomic E-state index is 0.0205. The molecule has 0 aliphatic rings. The molecule has 0 aromatic carbocycles. The van der Waals surface area contributed by atoms with Crippen molar-refractivity contribution in [3.05, 3.63) is 6.42 Å². The fraction of sp³-hybridized carbons (Fsp3) is 0.875. The van der Waals surface area contributed by atoms with Crippen molar-refractivity contribution in [2.75, 3.05) is 6.61 Å². The van der Waals surface area contributed by atoms with Gasteiger partial charge >= 0.3 is 0 Å². The van der Waals surface area contributed by atoms with Crippen LogP contribution in [0.1, 0.15) is 32.6 Å². The second-order valence-electron chi connectivity index (χ2n) is 2.48. The summed E-state index contributed by atoms with van der Waals surface area (Å²) in [5.41, 5.74) is 0. The van der Waals surface area contributed by atoms with Gasteiger partial charge in [-0.2, -0.15) is 0 Å². The molecule has 0 aliphatic carbocycles. The molecule has 0 bridgehead atoms. The molecule has 0 heterocycles. The summed E-state index contributed by atoms with van der Waals surface area (Å²) >= 11 is 0. The summed E-state index contributed by atoms with van der Waals surface area (Å²) < 4.78 is 0. The van der Waals surface area contributed by atoms with Crippen LogP contribution in [0.2, 0.25) is 0 Å². The van der Waals surface area contributed by atoms with E-state index < -0.39 is 6.10 Å². The number of hydrogen-bond donors (Lipinski definition) is 2. The van der Waals surface area contributed by atoms with E-state index in [4.69, 9.17) is 10.2 Å². The van der Waals surface area contributed by atoms with Crippen LogP contribution < -0.4 is 0 Å². The largest absolute Gasteiger partial charge is 0.396 e. The topological polar surface area (TPSA) is 40.5 Å². The lowest BCUT2D eigenvalue weighted by atomic mass is 10.1. The van der Waals surface area contributed by atoms with Crippen LogP contribution in [-0.4, -0.2) is 22.9 Å². The fourth-order valence-corrected chi connectivity index (χ4v) is 0.843. The van der Waals surface area contributed by atoms with Crippen molar-refractivity contribution in [2.45, 2.75) is 38.7 Å². The van der Waals surface area contributed by atoms with Crippen LogP contribution in [-0.2, 0) is 0 Å². The molecule has 0 rings (SSSR count). The molecule has 1 unspecified atom stereocenters. The van der Waals surface area contributed by atoms with E-state index in [1.54, 1.807) is 0 Å². The Labute approximate surface area is 62.9 Å². The molecule has 0 saturated heterocycles. The molecule has 2 nitrogen and oxygen atoms in total. The maximum absolute atomic E-state index is 9.06. The van der Waals surface area contributed by atoms with Crippen LogP contribution in [0.3, 0.4) is 0 Å². The van der Waals surface area contributed by atoms with Gasteiger partial charge in [0.15, 0.2) is 0 Å². The number of hydrogen-bond acceptors (Lipinski definition) is 2. The third kappa shape index (κ3) is 6.05. The van der Waals surface area contributed by atoms with Crippen LogP contribution in [0, 0.1) is 6.42 Å². The molecule has 2 heteroatoms. The monoisotopic (exact) mass is 145 g/mol. The summed E-state index contributed by atoms with van der Waals surface area (Å²) in [5.74, 6) is 0. The normalized spacial score (nSPS) is 13.5. The Balaban J connectivity index is 2.97. The SMILES string of the molecule is CCCCCC(O)[CH]CO. The maximum Gasteiger partial charge on any atom is 0.0594 e. The number of aliphatic hydroxyl groups is 2. The first-order valence-corrected chi connectivity index (χ1v) is 3.93. The van der Waals surface area contributed by atoms with Gasteiger partial charge in [0, 0.05) is 13.0 Å². The van der Waals surface area contributed by atoms with Crippen molar-refractivity contribution in [3.63, 3.8) is 0 Å². The Morgan fingerprint density at radius 2 is 2.10 bits per heavy atom. The Kier molecular flexibility index (Phi) is 6.98. The van der Waals surface area contributed by atoms with Gasteiger partial charge < -0.3 is 10.2 Å². The quantitative estimate of drug-likeness (QED) is 0.550. The molecule has 1 atom stereocenters. The van der Waals surface area contributed by atoms with Crippen LogP contribution in [0.5, 0.6) is 0 Å². The first-order valence-electron chi connectivity index (χ1n) is 3.93. The zero-order valence-electron chi connectivity index (χ0n) is 6.58. The van der Waals surface area contributed by atoms with E-state index >= 15 is 0 Å². The standard InChI is InChI=1S/C8H17O2/c1-2-3-4-5-8(10)6-7-9/h6,8-10H,2-5,7H2,1H3. The Hall–Kier alpha value is -0.0800. The van der Waals surface area contributed by atoms with Gasteiger partial charge in [-0.3, -0.25) is 0 Å². The van der Waals surface area contributed by atoms with Gasteiger partial charge in [0.1, 0.15) is 0 Å². The van der Waals surface area contributed by atoms with Crippen molar-refractivity contribution >= 4 is 0 Å². The lowest BCUT2D eigenvalue weighted by Crippen LogP contribution is -2.09. The molecule has 0 aliphatic heterocycles. The molecule has 0 fully saturated rings.